The second-order valence-electron chi connectivity index (χ2n) is 7.28. The van der Waals surface area contributed by atoms with Gasteiger partial charge in [0.2, 0.25) is 0 Å². The normalized spacial score (nSPS) is 17.8. The minimum Gasteiger partial charge on any atom is -0.484 e. The number of benzene rings is 1. The van der Waals surface area contributed by atoms with E-state index in [0.717, 1.165) is 31.4 Å². The fourth-order valence-electron chi connectivity index (χ4n) is 2.88. The molecule has 0 bridgehead atoms. The average molecular weight is 327 g/mol. The van der Waals surface area contributed by atoms with E-state index < -0.39 is 0 Å². The van der Waals surface area contributed by atoms with Crippen molar-refractivity contribution in [2.75, 3.05) is 6.61 Å². The highest BCUT2D eigenvalue weighted by atomic mass is 16.5. The summed E-state index contributed by atoms with van der Waals surface area (Å²) >= 11 is 0. The second kappa shape index (κ2) is 7.96. The van der Waals surface area contributed by atoms with Crippen LogP contribution in [-0.4, -0.2) is 18.2 Å². The van der Waals surface area contributed by atoms with Crippen LogP contribution in [0, 0.1) is 22.7 Å². The number of ether oxygens (including phenoxy) is 1. The van der Waals surface area contributed by atoms with Gasteiger partial charge in [0.05, 0.1) is 11.6 Å². The molecule has 5 heteroatoms. The van der Waals surface area contributed by atoms with E-state index in [-0.39, 0.29) is 12.5 Å². The van der Waals surface area contributed by atoms with Crippen molar-refractivity contribution in [2.24, 2.45) is 16.4 Å². The molecule has 0 aliphatic heterocycles. The van der Waals surface area contributed by atoms with Crippen LogP contribution in [0.5, 0.6) is 5.75 Å². The quantitative estimate of drug-likeness (QED) is 0.858. The highest BCUT2D eigenvalue weighted by Gasteiger charge is 2.28. The lowest BCUT2D eigenvalue weighted by Crippen LogP contribution is -2.29. The number of nitriles is 1. The Morgan fingerprint density at radius 1 is 1.29 bits per heavy atom. The summed E-state index contributed by atoms with van der Waals surface area (Å²) in [7, 11) is 0. The number of nitrogens with zero attached hydrogens (tertiary/aromatic N) is 2. The Kier molecular flexibility index (Phi) is 5.97. The highest BCUT2D eigenvalue weighted by Crippen LogP contribution is 2.36. The Hall–Kier alpha value is -2.35. The van der Waals surface area contributed by atoms with Crippen LogP contribution in [0.15, 0.2) is 29.4 Å². The summed E-state index contributed by atoms with van der Waals surface area (Å²) in [6.07, 6.45) is 4.14. The lowest BCUT2D eigenvalue weighted by Gasteiger charge is -2.34. The molecular weight excluding hydrogens is 302 g/mol. The molecule has 128 valence electrons. The average Bonchev–Trinajstić information content (AvgIpc) is 2.58. The summed E-state index contributed by atoms with van der Waals surface area (Å²) in [6.45, 7) is 6.75. The highest BCUT2D eigenvalue weighted by molar-refractivity contribution is 5.87. The molecule has 0 spiro atoms. The molecule has 24 heavy (non-hydrogen) atoms. The Morgan fingerprint density at radius 2 is 1.92 bits per heavy atom. The summed E-state index contributed by atoms with van der Waals surface area (Å²) in [5, 5.41) is 13.0. The number of carbonyl (C=O) groups is 1. The lowest BCUT2D eigenvalue weighted by atomic mass is 9.72. The molecule has 1 aliphatic rings. The predicted octanol–water partition coefficient (Wildman–Crippen LogP) is 3.65. The van der Waals surface area contributed by atoms with Crippen molar-refractivity contribution in [2.45, 2.75) is 46.5 Å². The topological polar surface area (TPSA) is 74.5 Å². The third-order valence-corrected chi connectivity index (χ3v) is 4.48. The second-order valence-corrected chi connectivity index (χ2v) is 7.28. The molecule has 2 rings (SSSR count). The molecule has 0 unspecified atom stereocenters. The van der Waals surface area contributed by atoms with Gasteiger partial charge in [0.25, 0.3) is 5.91 Å². The molecule has 1 saturated carbocycles. The van der Waals surface area contributed by atoms with Crippen LogP contribution in [0.2, 0.25) is 0 Å². The summed E-state index contributed by atoms with van der Waals surface area (Å²) in [5.74, 6) is 0.999. The van der Waals surface area contributed by atoms with E-state index in [0.29, 0.717) is 22.6 Å². The van der Waals surface area contributed by atoms with E-state index in [1.807, 2.05) is 6.07 Å². The minimum absolute atomic E-state index is 0.0900. The van der Waals surface area contributed by atoms with Gasteiger partial charge in [0.1, 0.15) is 5.75 Å². The van der Waals surface area contributed by atoms with Gasteiger partial charge in [0, 0.05) is 5.71 Å². The minimum atomic E-state index is -0.273. The van der Waals surface area contributed by atoms with Crippen molar-refractivity contribution in [3.63, 3.8) is 0 Å². The van der Waals surface area contributed by atoms with E-state index in [9.17, 15) is 4.79 Å². The van der Waals surface area contributed by atoms with Gasteiger partial charge in [-0.1, -0.05) is 20.8 Å². The first-order valence-corrected chi connectivity index (χ1v) is 8.35. The fraction of sp³-hybridized carbons (Fsp3) is 0.526. The zero-order chi connectivity index (χ0) is 17.6. The number of rotatable bonds is 4. The van der Waals surface area contributed by atoms with Crippen molar-refractivity contribution in [1.82, 2.24) is 5.43 Å². The molecule has 1 aromatic carbocycles. The monoisotopic (exact) mass is 327 g/mol. The van der Waals surface area contributed by atoms with Crippen LogP contribution in [0.1, 0.15) is 52.0 Å². The smallest absolute Gasteiger partial charge is 0.277 e. The molecule has 1 aliphatic carbocycles. The van der Waals surface area contributed by atoms with Gasteiger partial charge in [-0.3, -0.25) is 4.79 Å². The molecule has 0 aromatic heterocycles. The Bertz CT molecular complexity index is 626. The third-order valence-electron chi connectivity index (χ3n) is 4.48. The number of nitrogens with one attached hydrogen (secondary N) is 1. The molecule has 1 N–H and O–H groups in total. The van der Waals surface area contributed by atoms with E-state index in [1.54, 1.807) is 24.3 Å². The third kappa shape index (κ3) is 5.38. The van der Waals surface area contributed by atoms with E-state index in [2.05, 4.69) is 31.3 Å². The van der Waals surface area contributed by atoms with Crippen LogP contribution >= 0.6 is 0 Å². The zero-order valence-electron chi connectivity index (χ0n) is 14.6. The predicted molar refractivity (Wildman–Crippen MR) is 93.6 cm³/mol. The molecule has 1 amide bonds. The van der Waals surface area contributed by atoms with Gasteiger partial charge in [-0.2, -0.15) is 10.4 Å². The number of hydrogen-bond donors (Lipinski definition) is 1. The van der Waals surface area contributed by atoms with Gasteiger partial charge in [-0.25, -0.2) is 5.43 Å². The molecular formula is C19H25N3O2. The Balaban J connectivity index is 1.74. The maximum absolute atomic E-state index is 11.8. The first-order valence-electron chi connectivity index (χ1n) is 8.35. The van der Waals surface area contributed by atoms with E-state index in [4.69, 9.17) is 10.00 Å². The van der Waals surface area contributed by atoms with E-state index in [1.165, 1.54) is 0 Å². The fourth-order valence-corrected chi connectivity index (χ4v) is 2.88. The Labute approximate surface area is 143 Å². The van der Waals surface area contributed by atoms with Crippen LogP contribution < -0.4 is 10.2 Å². The van der Waals surface area contributed by atoms with Crippen LogP contribution in [0.25, 0.3) is 0 Å². The summed E-state index contributed by atoms with van der Waals surface area (Å²) < 4.78 is 5.38. The summed E-state index contributed by atoms with van der Waals surface area (Å²) in [6, 6.07) is 8.69. The van der Waals surface area contributed by atoms with Crippen LogP contribution in [0.4, 0.5) is 0 Å². The standard InChI is InChI=1S/C19H25N3O2/c1-19(2,3)15-6-8-16(9-7-15)21-22-18(23)13-24-17-10-4-14(12-20)5-11-17/h4-5,10-11,15H,6-9,13H2,1-3H3,(H,22,23). The van der Waals surface area contributed by atoms with Gasteiger partial charge in [-0.05, 0) is 61.3 Å². The van der Waals surface area contributed by atoms with Gasteiger partial charge < -0.3 is 4.74 Å². The number of hydrazone groups is 1. The van der Waals surface area contributed by atoms with Crippen molar-refractivity contribution in [3.05, 3.63) is 29.8 Å². The molecule has 1 aromatic rings. The molecule has 5 nitrogen and oxygen atoms in total. The maximum atomic E-state index is 11.8. The summed E-state index contributed by atoms with van der Waals surface area (Å²) in [5.41, 5.74) is 4.52. The molecule has 0 radical (unpaired) electrons. The van der Waals surface area contributed by atoms with Gasteiger partial charge >= 0.3 is 0 Å². The molecule has 1 fully saturated rings. The van der Waals surface area contributed by atoms with Gasteiger partial charge in [0.15, 0.2) is 6.61 Å². The number of hydrogen-bond acceptors (Lipinski definition) is 4. The van der Waals surface area contributed by atoms with Crippen molar-refractivity contribution in [1.29, 1.82) is 5.26 Å². The molecule has 0 heterocycles. The van der Waals surface area contributed by atoms with Crippen LogP contribution in [-0.2, 0) is 4.79 Å². The molecule has 0 atom stereocenters. The van der Waals surface area contributed by atoms with Gasteiger partial charge in [-0.15, -0.1) is 0 Å². The zero-order valence-corrected chi connectivity index (χ0v) is 14.6. The first kappa shape index (κ1) is 18.0. The summed E-state index contributed by atoms with van der Waals surface area (Å²) in [4.78, 5) is 11.8. The van der Waals surface area contributed by atoms with Crippen molar-refractivity contribution >= 4 is 11.6 Å². The Morgan fingerprint density at radius 3 is 2.46 bits per heavy atom. The SMILES string of the molecule is CC(C)(C)C1CCC(=NNC(=O)COc2ccc(C#N)cc2)CC1. The largest absolute Gasteiger partial charge is 0.484 e. The van der Waals surface area contributed by atoms with Crippen molar-refractivity contribution < 1.29 is 9.53 Å². The lowest BCUT2D eigenvalue weighted by molar-refractivity contribution is -0.123. The molecule has 0 saturated heterocycles. The van der Waals surface area contributed by atoms with E-state index >= 15 is 0 Å². The number of amides is 1. The van der Waals surface area contributed by atoms with Crippen molar-refractivity contribution in [3.8, 4) is 11.8 Å². The number of carbonyl (C=O) groups excluding carboxylic acids is 1. The first-order chi connectivity index (χ1) is 11.4. The van der Waals surface area contributed by atoms with Crippen LogP contribution in [0.3, 0.4) is 0 Å². The maximum Gasteiger partial charge on any atom is 0.277 e.